The van der Waals surface area contributed by atoms with Crippen molar-refractivity contribution < 1.29 is 9.90 Å². The zero-order valence-electron chi connectivity index (χ0n) is 10.9. The Labute approximate surface area is 116 Å². The van der Waals surface area contributed by atoms with Gasteiger partial charge in [-0.1, -0.05) is 0 Å². The Bertz CT molecular complexity index is 435. The molecule has 19 heavy (non-hydrogen) atoms. The summed E-state index contributed by atoms with van der Waals surface area (Å²) < 4.78 is 0. The Morgan fingerprint density at radius 1 is 1.26 bits per heavy atom. The summed E-state index contributed by atoms with van der Waals surface area (Å²) in [6.45, 7) is 2.96. The van der Waals surface area contributed by atoms with Gasteiger partial charge in [0.1, 0.15) is 5.60 Å². The minimum atomic E-state index is -1.08. The van der Waals surface area contributed by atoms with Crippen LogP contribution in [0, 0.1) is 0 Å². The Hall–Kier alpha value is -1.14. The van der Waals surface area contributed by atoms with Crippen molar-refractivity contribution in [2.75, 3.05) is 31.1 Å². The lowest BCUT2D eigenvalue weighted by Gasteiger charge is -2.37. The summed E-state index contributed by atoms with van der Waals surface area (Å²) >= 11 is 1.63. The van der Waals surface area contributed by atoms with E-state index in [1.165, 1.54) is 0 Å². The molecule has 2 heterocycles. The lowest BCUT2D eigenvalue weighted by Crippen LogP contribution is -2.55. The highest BCUT2D eigenvalue weighted by molar-refractivity contribution is 7.13. The van der Waals surface area contributed by atoms with Crippen molar-refractivity contribution in [3.05, 3.63) is 11.6 Å². The molecular weight excluding hydrogens is 262 g/mol. The molecule has 104 valence electrons. The molecule has 1 aromatic rings. The molecule has 0 unspecified atom stereocenters. The van der Waals surface area contributed by atoms with E-state index in [9.17, 15) is 9.90 Å². The third-order valence-electron chi connectivity index (χ3n) is 4.09. The summed E-state index contributed by atoms with van der Waals surface area (Å²) in [5.74, 6) is -0.0659. The summed E-state index contributed by atoms with van der Waals surface area (Å²) in [5.41, 5.74) is -1.08. The van der Waals surface area contributed by atoms with Gasteiger partial charge in [-0.25, -0.2) is 4.98 Å². The third-order valence-corrected chi connectivity index (χ3v) is 4.92. The SMILES string of the molecule is O=C(N1CCN(c2nccs2)CC1)C1(O)CCCC1. The molecule has 0 bridgehead atoms. The van der Waals surface area contributed by atoms with Crippen LogP contribution in [-0.2, 0) is 4.79 Å². The normalized spacial score (nSPS) is 22.8. The number of piperazine rings is 1. The molecule has 0 radical (unpaired) electrons. The highest BCUT2D eigenvalue weighted by atomic mass is 32.1. The zero-order valence-corrected chi connectivity index (χ0v) is 11.7. The summed E-state index contributed by atoms with van der Waals surface area (Å²) in [7, 11) is 0. The molecule has 1 saturated carbocycles. The topological polar surface area (TPSA) is 56.7 Å². The van der Waals surface area contributed by atoms with E-state index >= 15 is 0 Å². The third kappa shape index (κ3) is 2.47. The molecule has 0 aromatic carbocycles. The second-order valence-electron chi connectivity index (χ2n) is 5.33. The van der Waals surface area contributed by atoms with E-state index in [0.717, 1.165) is 31.1 Å². The van der Waals surface area contributed by atoms with Gasteiger partial charge in [0.05, 0.1) is 0 Å². The Kier molecular flexibility index (Phi) is 3.45. The molecule has 1 aliphatic heterocycles. The molecule has 3 rings (SSSR count). The summed E-state index contributed by atoms with van der Waals surface area (Å²) in [5, 5.41) is 13.3. The van der Waals surface area contributed by atoms with Crippen LogP contribution in [0.25, 0.3) is 0 Å². The number of rotatable bonds is 2. The second-order valence-corrected chi connectivity index (χ2v) is 6.21. The maximum absolute atomic E-state index is 12.4. The van der Waals surface area contributed by atoms with Gasteiger partial charge in [-0.05, 0) is 25.7 Å². The Morgan fingerprint density at radius 3 is 2.53 bits per heavy atom. The number of nitrogens with zero attached hydrogens (tertiary/aromatic N) is 3. The Morgan fingerprint density at radius 2 is 1.95 bits per heavy atom. The van der Waals surface area contributed by atoms with Gasteiger partial charge in [-0.3, -0.25) is 4.79 Å². The average Bonchev–Trinajstić information content (AvgIpc) is 3.10. The van der Waals surface area contributed by atoms with E-state index in [4.69, 9.17) is 0 Å². The van der Waals surface area contributed by atoms with E-state index < -0.39 is 5.60 Å². The number of aromatic nitrogens is 1. The first kappa shape index (κ1) is 12.9. The minimum absolute atomic E-state index is 0.0659. The first-order valence-corrected chi connectivity index (χ1v) is 7.73. The fraction of sp³-hybridized carbons (Fsp3) is 0.692. The second kappa shape index (κ2) is 5.09. The number of amides is 1. The maximum atomic E-state index is 12.4. The lowest BCUT2D eigenvalue weighted by atomic mass is 10.0. The van der Waals surface area contributed by atoms with Crippen LogP contribution in [0.5, 0.6) is 0 Å². The van der Waals surface area contributed by atoms with Crippen LogP contribution in [0.15, 0.2) is 11.6 Å². The van der Waals surface area contributed by atoms with E-state index in [1.54, 1.807) is 17.5 Å². The molecule has 5 nitrogen and oxygen atoms in total. The molecule has 1 aromatic heterocycles. The van der Waals surface area contributed by atoms with Crippen LogP contribution in [0.4, 0.5) is 5.13 Å². The van der Waals surface area contributed by atoms with E-state index in [-0.39, 0.29) is 5.91 Å². The number of carbonyl (C=O) groups is 1. The molecule has 0 spiro atoms. The maximum Gasteiger partial charge on any atom is 0.254 e. The van der Waals surface area contributed by atoms with Gasteiger partial charge < -0.3 is 14.9 Å². The van der Waals surface area contributed by atoms with Gasteiger partial charge in [0.15, 0.2) is 5.13 Å². The van der Waals surface area contributed by atoms with Gasteiger partial charge in [0.2, 0.25) is 0 Å². The standard InChI is InChI=1S/C13H19N3O2S/c17-11(13(18)3-1-2-4-13)15-6-8-16(9-7-15)12-14-5-10-19-12/h5,10,18H,1-4,6-9H2. The summed E-state index contributed by atoms with van der Waals surface area (Å²) in [4.78, 5) is 20.7. The number of anilines is 1. The molecule has 1 aliphatic carbocycles. The van der Waals surface area contributed by atoms with Gasteiger partial charge in [-0.15, -0.1) is 11.3 Å². The van der Waals surface area contributed by atoms with Crippen molar-refractivity contribution in [2.45, 2.75) is 31.3 Å². The van der Waals surface area contributed by atoms with E-state index in [0.29, 0.717) is 25.9 Å². The van der Waals surface area contributed by atoms with Gasteiger partial charge in [0.25, 0.3) is 5.91 Å². The van der Waals surface area contributed by atoms with Crippen molar-refractivity contribution in [3.8, 4) is 0 Å². The number of aliphatic hydroxyl groups is 1. The molecule has 0 atom stereocenters. The largest absolute Gasteiger partial charge is 0.380 e. The van der Waals surface area contributed by atoms with Crippen molar-refractivity contribution >= 4 is 22.4 Å². The first-order valence-electron chi connectivity index (χ1n) is 6.85. The van der Waals surface area contributed by atoms with Crippen LogP contribution in [0.1, 0.15) is 25.7 Å². The zero-order chi connectivity index (χ0) is 13.3. The molecular formula is C13H19N3O2S. The number of thiazole rings is 1. The van der Waals surface area contributed by atoms with Crippen molar-refractivity contribution in [3.63, 3.8) is 0 Å². The Balaban J connectivity index is 1.59. The van der Waals surface area contributed by atoms with Gasteiger partial charge >= 0.3 is 0 Å². The summed E-state index contributed by atoms with van der Waals surface area (Å²) in [6, 6.07) is 0. The molecule has 1 saturated heterocycles. The summed E-state index contributed by atoms with van der Waals surface area (Å²) in [6.07, 6.45) is 4.97. The molecule has 2 fully saturated rings. The van der Waals surface area contributed by atoms with Crippen LogP contribution < -0.4 is 4.90 Å². The van der Waals surface area contributed by atoms with Crippen LogP contribution >= 0.6 is 11.3 Å². The fourth-order valence-corrected chi connectivity index (χ4v) is 3.64. The van der Waals surface area contributed by atoms with Crippen LogP contribution in [-0.4, -0.2) is 52.7 Å². The molecule has 2 aliphatic rings. The lowest BCUT2D eigenvalue weighted by molar-refractivity contribution is -0.151. The van der Waals surface area contributed by atoms with Crippen LogP contribution in [0.2, 0.25) is 0 Å². The fourth-order valence-electron chi connectivity index (χ4n) is 2.94. The first-order chi connectivity index (χ1) is 9.19. The number of hydrogen-bond acceptors (Lipinski definition) is 5. The van der Waals surface area contributed by atoms with E-state index in [2.05, 4.69) is 9.88 Å². The minimum Gasteiger partial charge on any atom is -0.380 e. The predicted octanol–water partition coefficient (Wildman–Crippen LogP) is 1.10. The molecule has 1 N–H and O–H groups in total. The molecule has 6 heteroatoms. The average molecular weight is 281 g/mol. The van der Waals surface area contributed by atoms with Gasteiger partial charge in [0, 0.05) is 37.8 Å². The monoisotopic (exact) mass is 281 g/mol. The smallest absolute Gasteiger partial charge is 0.254 e. The van der Waals surface area contributed by atoms with Gasteiger partial charge in [-0.2, -0.15) is 0 Å². The van der Waals surface area contributed by atoms with Crippen molar-refractivity contribution in [1.82, 2.24) is 9.88 Å². The van der Waals surface area contributed by atoms with Crippen molar-refractivity contribution in [2.24, 2.45) is 0 Å². The van der Waals surface area contributed by atoms with E-state index in [1.807, 2.05) is 10.3 Å². The number of carbonyl (C=O) groups excluding carboxylic acids is 1. The quantitative estimate of drug-likeness (QED) is 0.882. The highest BCUT2D eigenvalue weighted by Gasteiger charge is 2.42. The number of hydrogen-bond donors (Lipinski definition) is 1. The highest BCUT2D eigenvalue weighted by Crippen LogP contribution is 2.31. The predicted molar refractivity (Wildman–Crippen MR) is 74.3 cm³/mol. The van der Waals surface area contributed by atoms with Crippen molar-refractivity contribution in [1.29, 1.82) is 0 Å². The molecule has 1 amide bonds. The van der Waals surface area contributed by atoms with Crippen LogP contribution in [0.3, 0.4) is 0 Å².